The highest BCUT2D eigenvalue weighted by atomic mass is 16.2. The zero-order valence-corrected chi connectivity index (χ0v) is 15.6. The summed E-state index contributed by atoms with van der Waals surface area (Å²) in [6, 6.07) is 9.13. The van der Waals surface area contributed by atoms with E-state index in [-0.39, 0.29) is 5.91 Å². The fourth-order valence-electron chi connectivity index (χ4n) is 2.84. The molecule has 0 spiro atoms. The minimum absolute atomic E-state index is 0.0381. The highest BCUT2D eigenvalue weighted by Gasteiger charge is 2.24. The first-order chi connectivity index (χ1) is 12.5. The molecule has 0 saturated carbocycles. The van der Waals surface area contributed by atoms with Gasteiger partial charge in [0.1, 0.15) is 17.7 Å². The standard InChI is InChI=1S/C19H24N6O/c1-5-9-15-21-17(14-12-20-25(4)18(14)22-15)23-16(19(26)24(2)3)13-10-7-6-8-11-13/h6-8,10-12,16H,5,9H2,1-4H3,(H,21,22,23)/t16-/m0/s1. The van der Waals surface area contributed by atoms with Crippen LogP contribution in [0.15, 0.2) is 36.5 Å². The Labute approximate surface area is 153 Å². The third-order valence-corrected chi connectivity index (χ3v) is 4.21. The molecular formula is C19H24N6O. The summed E-state index contributed by atoms with van der Waals surface area (Å²) >= 11 is 0. The van der Waals surface area contributed by atoms with Crippen molar-refractivity contribution in [2.75, 3.05) is 19.4 Å². The van der Waals surface area contributed by atoms with Crippen molar-refractivity contribution in [2.24, 2.45) is 7.05 Å². The van der Waals surface area contributed by atoms with Crippen LogP contribution in [0.2, 0.25) is 0 Å². The maximum atomic E-state index is 12.8. The maximum absolute atomic E-state index is 12.8. The molecule has 26 heavy (non-hydrogen) atoms. The van der Waals surface area contributed by atoms with Crippen molar-refractivity contribution in [3.8, 4) is 0 Å². The lowest BCUT2D eigenvalue weighted by molar-refractivity contribution is -0.129. The number of nitrogens with one attached hydrogen (secondary N) is 1. The van der Waals surface area contributed by atoms with Crippen LogP contribution in [0.5, 0.6) is 0 Å². The topological polar surface area (TPSA) is 75.9 Å². The molecule has 1 aromatic carbocycles. The van der Waals surface area contributed by atoms with Crippen molar-refractivity contribution in [1.29, 1.82) is 0 Å². The summed E-state index contributed by atoms with van der Waals surface area (Å²) in [6.45, 7) is 2.09. The van der Waals surface area contributed by atoms with Gasteiger partial charge in [-0.2, -0.15) is 5.10 Å². The molecule has 0 aliphatic rings. The van der Waals surface area contributed by atoms with Gasteiger partial charge >= 0.3 is 0 Å². The van der Waals surface area contributed by atoms with Gasteiger partial charge in [-0.1, -0.05) is 37.3 Å². The van der Waals surface area contributed by atoms with Crippen LogP contribution in [-0.4, -0.2) is 44.7 Å². The van der Waals surface area contributed by atoms with Crippen LogP contribution in [0.4, 0.5) is 5.82 Å². The largest absolute Gasteiger partial charge is 0.354 e. The zero-order chi connectivity index (χ0) is 18.7. The Morgan fingerprint density at radius 2 is 1.96 bits per heavy atom. The highest BCUT2D eigenvalue weighted by molar-refractivity contribution is 5.91. The summed E-state index contributed by atoms with van der Waals surface area (Å²) in [6.07, 6.45) is 3.45. The number of hydrogen-bond donors (Lipinski definition) is 1. The molecule has 3 rings (SSSR count). The Bertz CT molecular complexity index is 903. The number of anilines is 1. The predicted octanol–water partition coefficient (Wildman–Crippen LogP) is 2.56. The van der Waals surface area contributed by atoms with E-state index in [1.165, 1.54) is 0 Å². The molecule has 0 unspecified atom stereocenters. The summed E-state index contributed by atoms with van der Waals surface area (Å²) in [4.78, 5) is 23.6. The number of carbonyl (C=O) groups excluding carboxylic acids is 1. The fraction of sp³-hybridized carbons (Fsp3) is 0.368. The van der Waals surface area contributed by atoms with Crippen LogP contribution < -0.4 is 5.32 Å². The number of fused-ring (bicyclic) bond motifs is 1. The van der Waals surface area contributed by atoms with Crippen molar-refractivity contribution in [1.82, 2.24) is 24.6 Å². The summed E-state index contributed by atoms with van der Waals surface area (Å²) < 4.78 is 1.73. The first-order valence-electron chi connectivity index (χ1n) is 8.72. The molecule has 0 fully saturated rings. The van der Waals surface area contributed by atoms with E-state index < -0.39 is 6.04 Å². The average molecular weight is 352 g/mol. The third kappa shape index (κ3) is 3.51. The molecule has 0 aliphatic heterocycles. The molecule has 1 amide bonds. The van der Waals surface area contributed by atoms with Crippen LogP contribution in [0, 0.1) is 0 Å². The smallest absolute Gasteiger partial charge is 0.249 e. The first-order valence-corrected chi connectivity index (χ1v) is 8.72. The second-order valence-electron chi connectivity index (χ2n) is 6.46. The summed E-state index contributed by atoms with van der Waals surface area (Å²) in [5, 5.41) is 8.44. The molecule has 0 bridgehead atoms. The van der Waals surface area contributed by atoms with Gasteiger partial charge in [-0.25, -0.2) is 9.97 Å². The van der Waals surface area contributed by atoms with Gasteiger partial charge in [0, 0.05) is 27.6 Å². The number of benzene rings is 1. The van der Waals surface area contributed by atoms with E-state index in [4.69, 9.17) is 0 Å². The molecule has 0 aliphatic carbocycles. The van der Waals surface area contributed by atoms with Crippen LogP contribution in [0.1, 0.15) is 30.8 Å². The van der Waals surface area contributed by atoms with E-state index in [1.807, 2.05) is 37.4 Å². The number of nitrogens with zero attached hydrogens (tertiary/aromatic N) is 5. The molecular weight excluding hydrogens is 328 g/mol. The van der Waals surface area contributed by atoms with E-state index in [0.29, 0.717) is 5.82 Å². The lowest BCUT2D eigenvalue weighted by Crippen LogP contribution is -2.33. The number of rotatable bonds is 6. The maximum Gasteiger partial charge on any atom is 0.249 e. The lowest BCUT2D eigenvalue weighted by Gasteiger charge is -2.23. The Morgan fingerprint density at radius 1 is 1.23 bits per heavy atom. The van der Waals surface area contributed by atoms with E-state index in [0.717, 1.165) is 35.3 Å². The molecule has 0 radical (unpaired) electrons. The highest BCUT2D eigenvalue weighted by Crippen LogP contribution is 2.26. The number of carbonyl (C=O) groups is 1. The molecule has 0 saturated heterocycles. The summed E-state index contributed by atoms with van der Waals surface area (Å²) in [7, 11) is 5.36. The van der Waals surface area contributed by atoms with Gasteiger partial charge in [-0.05, 0) is 12.0 Å². The molecule has 136 valence electrons. The Hall–Kier alpha value is -2.96. The van der Waals surface area contributed by atoms with Gasteiger partial charge in [0.2, 0.25) is 5.91 Å². The quantitative estimate of drug-likeness (QED) is 0.738. The SMILES string of the molecule is CCCc1nc(N[C@H](C(=O)N(C)C)c2ccccc2)c2cnn(C)c2n1. The number of likely N-dealkylation sites (N-methyl/N-ethyl adjacent to an activating group) is 1. The number of amides is 1. The molecule has 3 aromatic rings. The summed E-state index contributed by atoms with van der Waals surface area (Å²) in [5.74, 6) is 1.34. The Balaban J connectivity index is 2.07. The predicted molar refractivity (Wildman–Crippen MR) is 102 cm³/mol. The van der Waals surface area contributed by atoms with E-state index in [1.54, 1.807) is 29.9 Å². The van der Waals surface area contributed by atoms with Crippen molar-refractivity contribution >= 4 is 22.8 Å². The Morgan fingerprint density at radius 3 is 2.62 bits per heavy atom. The van der Waals surface area contributed by atoms with E-state index in [2.05, 4.69) is 27.3 Å². The number of hydrogen-bond acceptors (Lipinski definition) is 5. The van der Waals surface area contributed by atoms with Gasteiger partial charge in [-0.15, -0.1) is 0 Å². The van der Waals surface area contributed by atoms with Gasteiger partial charge in [0.25, 0.3) is 0 Å². The first kappa shape index (κ1) is 17.8. The van der Waals surface area contributed by atoms with E-state index in [9.17, 15) is 4.79 Å². The van der Waals surface area contributed by atoms with Crippen molar-refractivity contribution < 1.29 is 4.79 Å². The van der Waals surface area contributed by atoms with Gasteiger partial charge < -0.3 is 10.2 Å². The van der Waals surface area contributed by atoms with Crippen molar-refractivity contribution in [3.05, 3.63) is 47.9 Å². The fourth-order valence-corrected chi connectivity index (χ4v) is 2.84. The van der Waals surface area contributed by atoms with Crippen LogP contribution >= 0.6 is 0 Å². The van der Waals surface area contributed by atoms with Crippen molar-refractivity contribution in [2.45, 2.75) is 25.8 Å². The van der Waals surface area contributed by atoms with Gasteiger partial charge in [0.15, 0.2) is 5.65 Å². The average Bonchev–Trinajstić information content (AvgIpc) is 3.01. The minimum Gasteiger partial charge on any atom is -0.354 e. The summed E-state index contributed by atoms with van der Waals surface area (Å²) in [5.41, 5.74) is 1.65. The monoisotopic (exact) mass is 352 g/mol. The van der Waals surface area contributed by atoms with Crippen LogP contribution in [0.3, 0.4) is 0 Å². The number of aryl methyl sites for hydroxylation is 2. The second kappa shape index (κ2) is 7.51. The van der Waals surface area contributed by atoms with Gasteiger partial charge in [0.05, 0.1) is 11.6 Å². The molecule has 1 atom stereocenters. The number of aromatic nitrogens is 4. The van der Waals surface area contributed by atoms with Crippen LogP contribution in [-0.2, 0) is 18.3 Å². The van der Waals surface area contributed by atoms with E-state index >= 15 is 0 Å². The van der Waals surface area contributed by atoms with Crippen molar-refractivity contribution in [3.63, 3.8) is 0 Å². The third-order valence-electron chi connectivity index (χ3n) is 4.21. The molecule has 1 N–H and O–H groups in total. The second-order valence-corrected chi connectivity index (χ2v) is 6.46. The molecule has 7 nitrogen and oxygen atoms in total. The van der Waals surface area contributed by atoms with Crippen LogP contribution in [0.25, 0.3) is 11.0 Å². The molecule has 2 aromatic heterocycles. The minimum atomic E-state index is -0.529. The normalized spacial score (nSPS) is 12.2. The molecule has 7 heteroatoms. The van der Waals surface area contributed by atoms with Gasteiger partial charge in [-0.3, -0.25) is 9.48 Å². The Kier molecular flexibility index (Phi) is 5.16. The molecule has 2 heterocycles. The lowest BCUT2D eigenvalue weighted by atomic mass is 10.1. The zero-order valence-electron chi connectivity index (χ0n) is 15.6.